The quantitative estimate of drug-likeness (QED) is 0.590. The molecule has 0 fully saturated rings. The molecule has 0 aromatic carbocycles. The highest BCUT2D eigenvalue weighted by Crippen LogP contribution is 1.92. The molecule has 2 nitrogen and oxygen atoms in total. The Labute approximate surface area is 51.0 Å². The molecule has 8 heavy (non-hydrogen) atoms. The van der Waals surface area contributed by atoms with E-state index in [1.807, 2.05) is 6.92 Å². The van der Waals surface area contributed by atoms with E-state index in [1.165, 1.54) is 0 Å². The highest BCUT2D eigenvalue weighted by molar-refractivity contribution is 4.52. The molecular weight excluding hydrogens is 102 g/mol. The summed E-state index contributed by atoms with van der Waals surface area (Å²) in [6.45, 7) is 5.48. The van der Waals surface area contributed by atoms with E-state index >= 15 is 0 Å². The smallest absolute Gasteiger partial charge is 0.0694 e. The van der Waals surface area contributed by atoms with Crippen LogP contribution in [-0.2, 0) is 4.74 Å². The van der Waals surface area contributed by atoms with Gasteiger partial charge in [-0.2, -0.15) is 0 Å². The van der Waals surface area contributed by atoms with Gasteiger partial charge in [0.1, 0.15) is 0 Å². The van der Waals surface area contributed by atoms with Crippen LogP contribution in [0.5, 0.6) is 0 Å². The van der Waals surface area contributed by atoms with Gasteiger partial charge in [-0.05, 0) is 13.3 Å². The van der Waals surface area contributed by atoms with Crippen molar-refractivity contribution in [1.82, 2.24) is 0 Å². The normalized spacial score (nSPS) is 13.9. The summed E-state index contributed by atoms with van der Waals surface area (Å²) in [5.74, 6) is 0. The van der Waals surface area contributed by atoms with Crippen molar-refractivity contribution in [1.29, 1.82) is 0 Å². The van der Waals surface area contributed by atoms with Gasteiger partial charge in [-0.25, -0.2) is 0 Å². The summed E-state index contributed by atoms with van der Waals surface area (Å²) in [6.07, 6.45) is 1.30. The van der Waals surface area contributed by atoms with Crippen LogP contribution in [-0.4, -0.2) is 19.3 Å². The summed E-state index contributed by atoms with van der Waals surface area (Å²) in [7, 11) is 0. The SMILES string of the molecule is CCO[C@@H](CC)CN. The number of rotatable bonds is 4. The van der Waals surface area contributed by atoms with Gasteiger partial charge in [0.15, 0.2) is 0 Å². The molecule has 0 aliphatic heterocycles. The molecule has 0 aromatic rings. The van der Waals surface area contributed by atoms with Crippen LogP contribution in [0.25, 0.3) is 0 Å². The molecule has 0 radical (unpaired) electrons. The van der Waals surface area contributed by atoms with E-state index in [1.54, 1.807) is 0 Å². The third-order valence-corrected chi connectivity index (χ3v) is 1.12. The second-order valence-electron chi connectivity index (χ2n) is 1.72. The van der Waals surface area contributed by atoms with Gasteiger partial charge >= 0.3 is 0 Å². The van der Waals surface area contributed by atoms with Gasteiger partial charge < -0.3 is 10.5 Å². The molecule has 0 saturated carbocycles. The zero-order chi connectivity index (χ0) is 6.41. The van der Waals surface area contributed by atoms with Gasteiger partial charge in [-0.1, -0.05) is 6.92 Å². The van der Waals surface area contributed by atoms with Crippen molar-refractivity contribution in [2.24, 2.45) is 5.73 Å². The van der Waals surface area contributed by atoms with Gasteiger partial charge in [0, 0.05) is 13.2 Å². The fraction of sp³-hybridized carbons (Fsp3) is 1.00. The largest absolute Gasteiger partial charge is 0.377 e. The fourth-order valence-electron chi connectivity index (χ4n) is 0.588. The lowest BCUT2D eigenvalue weighted by Crippen LogP contribution is -2.22. The first kappa shape index (κ1) is 7.92. The zero-order valence-corrected chi connectivity index (χ0v) is 5.68. The van der Waals surface area contributed by atoms with Gasteiger partial charge in [-0.3, -0.25) is 0 Å². The Kier molecular flexibility index (Phi) is 5.01. The van der Waals surface area contributed by atoms with Crippen LogP contribution in [0.15, 0.2) is 0 Å². The van der Waals surface area contributed by atoms with Gasteiger partial charge in [-0.15, -0.1) is 0 Å². The van der Waals surface area contributed by atoms with E-state index in [-0.39, 0.29) is 6.10 Å². The summed E-state index contributed by atoms with van der Waals surface area (Å²) in [4.78, 5) is 0. The van der Waals surface area contributed by atoms with Crippen molar-refractivity contribution in [2.75, 3.05) is 13.2 Å². The van der Waals surface area contributed by atoms with Gasteiger partial charge in [0.05, 0.1) is 6.10 Å². The molecule has 0 heterocycles. The number of hydrogen-bond acceptors (Lipinski definition) is 2. The maximum absolute atomic E-state index is 5.34. The van der Waals surface area contributed by atoms with E-state index in [0.29, 0.717) is 6.54 Å². The van der Waals surface area contributed by atoms with Crippen molar-refractivity contribution in [2.45, 2.75) is 26.4 Å². The highest BCUT2D eigenvalue weighted by atomic mass is 16.5. The molecule has 0 spiro atoms. The summed E-state index contributed by atoms with van der Waals surface area (Å²) < 4.78 is 5.22. The molecule has 50 valence electrons. The third-order valence-electron chi connectivity index (χ3n) is 1.12. The Morgan fingerprint density at radius 2 is 2.12 bits per heavy atom. The summed E-state index contributed by atoms with van der Waals surface area (Å²) in [6, 6.07) is 0. The van der Waals surface area contributed by atoms with Crippen molar-refractivity contribution < 1.29 is 4.74 Å². The Bertz CT molecular complexity index is 43.8. The average Bonchev–Trinajstić information content (AvgIpc) is 1.83. The molecule has 2 N–H and O–H groups in total. The number of nitrogens with two attached hydrogens (primary N) is 1. The van der Waals surface area contributed by atoms with Gasteiger partial charge in [0.2, 0.25) is 0 Å². The number of ether oxygens (including phenoxy) is 1. The van der Waals surface area contributed by atoms with E-state index in [2.05, 4.69) is 6.92 Å². The van der Waals surface area contributed by atoms with Crippen molar-refractivity contribution in [3.63, 3.8) is 0 Å². The maximum atomic E-state index is 5.34. The molecule has 0 aliphatic rings. The minimum absolute atomic E-state index is 0.278. The van der Waals surface area contributed by atoms with Crippen molar-refractivity contribution in [3.8, 4) is 0 Å². The molecule has 1 atom stereocenters. The lowest BCUT2D eigenvalue weighted by molar-refractivity contribution is 0.0666. The predicted octanol–water partition coefficient (Wildman–Crippen LogP) is 0.760. The molecule has 0 aliphatic carbocycles. The van der Waals surface area contributed by atoms with Gasteiger partial charge in [0.25, 0.3) is 0 Å². The molecule has 0 unspecified atom stereocenters. The Morgan fingerprint density at radius 3 is 2.25 bits per heavy atom. The average molecular weight is 117 g/mol. The highest BCUT2D eigenvalue weighted by Gasteiger charge is 1.98. The van der Waals surface area contributed by atoms with Crippen LogP contribution >= 0.6 is 0 Å². The topological polar surface area (TPSA) is 35.2 Å². The fourth-order valence-corrected chi connectivity index (χ4v) is 0.588. The molecule has 0 bridgehead atoms. The zero-order valence-electron chi connectivity index (χ0n) is 5.68. The first-order valence-corrected chi connectivity index (χ1v) is 3.16. The van der Waals surface area contributed by atoms with E-state index in [9.17, 15) is 0 Å². The molecular formula is C6H15NO. The first-order chi connectivity index (χ1) is 3.85. The van der Waals surface area contributed by atoms with Crippen LogP contribution < -0.4 is 5.73 Å². The van der Waals surface area contributed by atoms with Crippen LogP contribution in [0, 0.1) is 0 Å². The summed E-state index contributed by atoms with van der Waals surface area (Å²) in [5, 5.41) is 0. The monoisotopic (exact) mass is 117 g/mol. The molecule has 0 aromatic heterocycles. The van der Waals surface area contributed by atoms with Crippen molar-refractivity contribution >= 4 is 0 Å². The molecule has 0 saturated heterocycles. The second kappa shape index (κ2) is 5.06. The van der Waals surface area contributed by atoms with Crippen LogP contribution in [0.4, 0.5) is 0 Å². The summed E-state index contributed by atoms with van der Waals surface area (Å²) in [5.41, 5.74) is 5.34. The van der Waals surface area contributed by atoms with E-state index < -0.39 is 0 Å². The molecule has 2 heteroatoms. The van der Waals surface area contributed by atoms with Crippen molar-refractivity contribution in [3.05, 3.63) is 0 Å². The predicted molar refractivity (Wildman–Crippen MR) is 34.8 cm³/mol. The first-order valence-electron chi connectivity index (χ1n) is 3.16. The maximum Gasteiger partial charge on any atom is 0.0694 e. The lowest BCUT2D eigenvalue weighted by Gasteiger charge is -2.10. The third kappa shape index (κ3) is 2.99. The Morgan fingerprint density at radius 1 is 1.50 bits per heavy atom. The number of hydrogen-bond donors (Lipinski definition) is 1. The minimum atomic E-state index is 0.278. The Hall–Kier alpha value is -0.0800. The van der Waals surface area contributed by atoms with E-state index in [4.69, 9.17) is 10.5 Å². The lowest BCUT2D eigenvalue weighted by atomic mass is 10.3. The second-order valence-corrected chi connectivity index (χ2v) is 1.72. The molecule has 0 amide bonds. The van der Waals surface area contributed by atoms with Crippen LogP contribution in [0.1, 0.15) is 20.3 Å². The van der Waals surface area contributed by atoms with Crippen LogP contribution in [0.2, 0.25) is 0 Å². The molecule has 0 rings (SSSR count). The van der Waals surface area contributed by atoms with Crippen LogP contribution in [0.3, 0.4) is 0 Å². The minimum Gasteiger partial charge on any atom is -0.377 e. The van der Waals surface area contributed by atoms with E-state index in [0.717, 1.165) is 13.0 Å². The summed E-state index contributed by atoms with van der Waals surface area (Å²) >= 11 is 0. The standard InChI is InChI=1S/C6H15NO/c1-3-6(5-7)8-4-2/h6H,3-5,7H2,1-2H3/t6-/m0/s1. The Balaban J connectivity index is 3.07.